The van der Waals surface area contributed by atoms with E-state index >= 15 is 0 Å². The Morgan fingerprint density at radius 2 is 2.33 bits per heavy atom. The number of morpholine rings is 1. The topological polar surface area (TPSA) is 90.9 Å². The molecule has 2 amide bonds. The van der Waals surface area contributed by atoms with Crippen LogP contribution < -0.4 is 15.5 Å². The number of ether oxygens (including phenoxy) is 1. The van der Waals surface area contributed by atoms with Gasteiger partial charge >= 0.3 is 0 Å². The molecule has 2 atom stereocenters. The Morgan fingerprint density at radius 1 is 1.52 bits per heavy atom. The standard InChI is InChI=1S/C14H17N3O4/c1-15-13(19)11-7-21-5-4-17(11)8-2-3-9-10(6-8)16-14(20)12(9)18/h2-3,6,11-12,18H,4-5,7H2,1H3,(H,15,19)(H,16,20). The van der Waals surface area contributed by atoms with E-state index in [1.165, 1.54) is 0 Å². The molecule has 7 nitrogen and oxygen atoms in total. The quantitative estimate of drug-likeness (QED) is 0.691. The molecular weight excluding hydrogens is 274 g/mol. The van der Waals surface area contributed by atoms with Crippen molar-refractivity contribution in [2.24, 2.45) is 0 Å². The predicted octanol–water partition coefficient (Wildman–Crippen LogP) is -0.377. The van der Waals surface area contributed by atoms with Crippen molar-refractivity contribution in [1.82, 2.24) is 5.32 Å². The van der Waals surface area contributed by atoms with Crippen molar-refractivity contribution in [3.8, 4) is 0 Å². The SMILES string of the molecule is CNC(=O)C1COCCN1c1ccc2c(c1)NC(=O)C2O. The molecule has 7 heteroatoms. The van der Waals surface area contributed by atoms with Crippen LogP contribution in [0.3, 0.4) is 0 Å². The molecular formula is C14H17N3O4. The van der Waals surface area contributed by atoms with Crippen molar-refractivity contribution in [3.05, 3.63) is 23.8 Å². The molecule has 0 aromatic heterocycles. The summed E-state index contributed by atoms with van der Waals surface area (Å²) in [6, 6.07) is 4.90. The number of benzene rings is 1. The molecule has 1 aromatic carbocycles. The summed E-state index contributed by atoms with van der Waals surface area (Å²) < 4.78 is 5.37. The first kappa shape index (κ1) is 13.8. The third kappa shape index (κ3) is 2.34. The summed E-state index contributed by atoms with van der Waals surface area (Å²) in [7, 11) is 1.59. The molecule has 3 N–H and O–H groups in total. The molecule has 0 saturated carbocycles. The van der Waals surface area contributed by atoms with E-state index in [0.717, 1.165) is 5.69 Å². The number of aliphatic hydroxyl groups excluding tert-OH is 1. The largest absolute Gasteiger partial charge is 0.378 e. The molecule has 0 aliphatic carbocycles. The second kappa shape index (κ2) is 5.34. The van der Waals surface area contributed by atoms with Crippen molar-refractivity contribution in [2.45, 2.75) is 12.1 Å². The summed E-state index contributed by atoms with van der Waals surface area (Å²) in [5, 5.41) is 15.0. The van der Waals surface area contributed by atoms with Crippen LogP contribution in [0.25, 0.3) is 0 Å². The number of anilines is 2. The van der Waals surface area contributed by atoms with Crippen molar-refractivity contribution in [3.63, 3.8) is 0 Å². The van der Waals surface area contributed by atoms with E-state index in [1.807, 2.05) is 11.0 Å². The molecule has 3 rings (SSSR count). The van der Waals surface area contributed by atoms with Gasteiger partial charge in [0.25, 0.3) is 5.91 Å². The maximum absolute atomic E-state index is 11.9. The van der Waals surface area contributed by atoms with E-state index in [9.17, 15) is 14.7 Å². The number of likely N-dealkylation sites (N-methyl/N-ethyl adjacent to an activating group) is 1. The first-order chi connectivity index (χ1) is 10.1. The normalized spacial score (nSPS) is 24.5. The second-order valence-corrected chi connectivity index (χ2v) is 5.06. The fourth-order valence-corrected chi connectivity index (χ4v) is 2.71. The molecule has 1 saturated heterocycles. The van der Waals surface area contributed by atoms with E-state index in [1.54, 1.807) is 19.2 Å². The molecule has 2 unspecified atom stereocenters. The summed E-state index contributed by atoms with van der Waals surface area (Å²) in [5.74, 6) is -0.536. The van der Waals surface area contributed by atoms with E-state index in [0.29, 0.717) is 31.0 Å². The molecule has 0 radical (unpaired) electrons. The van der Waals surface area contributed by atoms with Crippen LogP contribution in [-0.4, -0.2) is 49.8 Å². The maximum atomic E-state index is 11.9. The number of nitrogens with zero attached hydrogens (tertiary/aromatic N) is 1. The minimum atomic E-state index is -1.12. The van der Waals surface area contributed by atoms with Gasteiger partial charge in [0.05, 0.1) is 13.2 Å². The smallest absolute Gasteiger partial charge is 0.257 e. The van der Waals surface area contributed by atoms with Gasteiger partial charge in [-0.1, -0.05) is 6.07 Å². The van der Waals surface area contributed by atoms with E-state index in [2.05, 4.69) is 10.6 Å². The minimum Gasteiger partial charge on any atom is -0.378 e. The monoisotopic (exact) mass is 291 g/mol. The summed E-state index contributed by atoms with van der Waals surface area (Å²) in [6.45, 7) is 1.46. The van der Waals surface area contributed by atoms with E-state index in [4.69, 9.17) is 4.74 Å². The number of rotatable bonds is 2. The van der Waals surface area contributed by atoms with Gasteiger partial charge in [-0.05, 0) is 12.1 Å². The molecule has 2 aliphatic heterocycles. The van der Waals surface area contributed by atoms with Crippen LogP contribution in [0, 0.1) is 0 Å². The van der Waals surface area contributed by atoms with Crippen LogP contribution in [0.5, 0.6) is 0 Å². The number of aliphatic hydroxyl groups is 1. The predicted molar refractivity (Wildman–Crippen MR) is 76.1 cm³/mol. The van der Waals surface area contributed by atoms with Crippen molar-refractivity contribution < 1.29 is 19.4 Å². The number of hydrogen-bond acceptors (Lipinski definition) is 5. The average molecular weight is 291 g/mol. The fraction of sp³-hybridized carbons (Fsp3) is 0.429. The van der Waals surface area contributed by atoms with Crippen LogP contribution in [0.1, 0.15) is 11.7 Å². The zero-order valence-electron chi connectivity index (χ0n) is 11.6. The van der Waals surface area contributed by atoms with E-state index < -0.39 is 18.1 Å². The third-order valence-corrected chi connectivity index (χ3v) is 3.85. The Kier molecular flexibility index (Phi) is 3.52. The van der Waals surface area contributed by atoms with Gasteiger partial charge in [0, 0.05) is 30.5 Å². The Balaban J connectivity index is 1.91. The van der Waals surface area contributed by atoms with Crippen molar-refractivity contribution >= 4 is 23.2 Å². The van der Waals surface area contributed by atoms with Gasteiger partial charge < -0.3 is 25.4 Å². The van der Waals surface area contributed by atoms with Gasteiger partial charge in [-0.15, -0.1) is 0 Å². The minimum absolute atomic E-state index is 0.112. The zero-order valence-corrected chi connectivity index (χ0v) is 11.6. The van der Waals surface area contributed by atoms with Crippen LogP contribution >= 0.6 is 0 Å². The number of nitrogens with one attached hydrogen (secondary N) is 2. The highest BCUT2D eigenvalue weighted by Gasteiger charge is 2.32. The molecule has 0 bridgehead atoms. The van der Waals surface area contributed by atoms with Gasteiger partial charge in [-0.2, -0.15) is 0 Å². The van der Waals surface area contributed by atoms with Crippen LogP contribution in [0.2, 0.25) is 0 Å². The van der Waals surface area contributed by atoms with Crippen LogP contribution in [0.15, 0.2) is 18.2 Å². The highest BCUT2D eigenvalue weighted by Crippen LogP contribution is 2.34. The van der Waals surface area contributed by atoms with Crippen LogP contribution in [-0.2, 0) is 14.3 Å². The second-order valence-electron chi connectivity index (χ2n) is 5.06. The van der Waals surface area contributed by atoms with Gasteiger partial charge in [-0.3, -0.25) is 9.59 Å². The number of carbonyl (C=O) groups is 2. The lowest BCUT2D eigenvalue weighted by Crippen LogP contribution is -2.53. The first-order valence-electron chi connectivity index (χ1n) is 6.80. The molecule has 1 fully saturated rings. The fourth-order valence-electron chi connectivity index (χ4n) is 2.71. The first-order valence-corrected chi connectivity index (χ1v) is 6.80. The van der Waals surface area contributed by atoms with Gasteiger partial charge in [-0.25, -0.2) is 0 Å². The Hall–Kier alpha value is -2.12. The number of carbonyl (C=O) groups excluding carboxylic acids is 2. The van der Waals surface area contributed by atoms with Gasteiger partial charge in [0.2, 0.25) is 5.91 Å². The van der Waals surface area contributed by atoms with Crippen molar-refractivity contribution in [1.29, 1.82) is 0 Å². The van der Waals surface area contributed by atoms with Crippen LogP contribution in [0.4, 0.5) is 11.4 Å². The number of fused-ring (bicyclic) bond motifs is 1. The maximum Gasteiger partial charge on any atom is 0.257 e. The average Bonchev–Trinajstić information content (AvgIpc) is 2.80. The summed E-state index contributed by atoms with van der Waals surface area (Å²) >= 11 is 0. The lowest BCUT2D eigenvalue weighted by atomic mass is 10.1. The Labute approximate surface area is 121 Å². The third-order valence-electron chi connectivity index (χ3n) is 3.85. The Morgan fingerprint density at radius 3 is 3.10 bits per heavy atom. The van der Waals surface area contributed by atoms with Crippen molar-refractivity contribution in [2.75, 3.05) is 37.0 Å². The molecule has 0 spiro atoms. The molecule has 2 heterocycles. The summed E-state index contributed by atoms with van der Waals surface area (Å²) in [6.07, 6.45) is -1.12. The molecule has 112 valence electrons. The number of hydrogen-bond donors (Lipinski definition) is 3. The lowest BCUT2D eigenvalue weighted by molar-refractivity contribution is -0.124. The van der Waals surface area contributed by atoms with E-state index in [-0.39, 0.29) is 5.91 Å². The van der Waals surface area contributed by atoms with Gasteiger partial charge in [0.15, 0.2) is 6.10 Å². The highest BCUT2D eigenvalue weighted by atomic mass is 16.5. The molecule has 2 aliphatic rings. The molecule has 21 heavy (non-hydrogen) atoms. The number of amides is 2. The summed E-state index contributed by atoms with van der Waals surface area (Å²) in [5.41, 5.74) is 1.97. The zero-order chi connectivity index (χ0) is 15.0. The summed E-state index contributed by atoms with van der Waals surface area (Å²) in [4.78, 5) is 25.4. The Bertz CT molecular complexity index is 590. The highest BCUT2D eigenvalue weighted by molar-refractivity contribution is 6.02. The van der Waals surface area contributed by atoms with Gasteiger partial charge in [0.1, 0.15) is 6.04 Å². The lowest BCUT2D eigenvalue weighted by Gasteiger charge is -2.36. The molecule has 1 aromatic rings.